The van der Waals surface area contributed by atoms with Gasteiger partial charge in [-0.3, -0.25) is 9.59 Å². The number of hydrogen-bond acceptors (Lipinski definition) is 9. The van der Waals surface area contributed by atoms with E-state index in [1.807, 2.05) is 18.2 Å². The van der Waals surface area contributed by atoms with E-state index in [1.54, 1.807) is 37.8 Å². The van der Waals surface area contributed by atoms with Gasteiger partial charge < -0.3 is 24.6 Å². The van der Waals surface area contributed by atoms with Crippen LogP contribution in [0, 0.1) is 11.8 Å². The minimum Gasteiger partial charge on any atom is -0.381 e. The topological polar surface area (TPSA) is 152 Å². The minimum atomic E-state index is -3.60. The first-order valence-electron chi connectivity index (χ1n) is 12.5. The number of rotatable bonds is 12. The van der Waals surface area contributed by atoms with Gasteiger partial charge in [-0.25, -0.2) is 8.42 Å². The summed E-state index contributed by atoms with van der Waals surface area (Å²) in [6, 6.07) is 8.27. The monoisotopic (exact) mass is 536 g/mol. The molecule has 1 aliphatic heterocycles. The standard InChI is InChI=1S/C25H36N4O7S/c1-4-20(22(31)25-27-23(28-36-25)18-8-6-5-7-9-18)26-24(32)19(16-37(33,34)15-17(2)3)14-21(30)29-10-12-35-13-11-29/h5-9,17,19-20,22,31H,4,10-16H2,1-3H3,(H,26,32)/t19?,20-,22+/m0/s1. The van der Waals surface area contributed by atoms with Crippen LogP contribution in [-0.2, 0) is 24.2 Å². The van der Waals surface area contributed by atoms with Crippen molar-refractivity contribution < 1.29 is 32.4 Å². The van der Waals surface area contributed by atoms with Crippen LogP contribution < -0.4 is 5.32 Å². The van der Waals surface area contributed by atoms with E-state index >= 15 is 0 Å². The lowest BCUT2D eigenvalue weighted by Gasteiger charge is -2.29. The van der Waals surface area contributed by atoms with Gasteiger partial charge in [-0.15, -0.1) is 0 Å². The van der Waals surface area contributed by atoms with Crippen LogP contribution in [0.5, 0.6) is 0 Å². The Hall–Kier alpha value is -2.83. The molecule has 1 aromatic heterocycles. The molecular weight excluding hydrogens is 500 g/mol. The van der Waals surface area contributed by atoms with E-state index in [0.29, 0.717) is 44.1 Å². The number of nitrogens with one attached hydrogen (secondary N) is 1. The SMILES string of the molecule is CC[C@H](NC(=O)C(CC(=O)N1CCOCC1)CS(=O)(=O)CC(C)C)[C@@H](O)c1nc(-c2ccccc2)no1. The van der Waals surface area contributed by atoms with Crippen LogP contribution in [0.2, 0.25) is 0 Å². The van der Waals surface area contributed by atoms with E-state index in [-0.39, 0.29) is 29.9 Å². The lowest BCUT2D eigenvalue weighted by atomic mass is 10.0. The number of sulfone groups is 1. The Balaban J connectivity index is 1.74. The number of aromatic nitrogens is 2. The van der Waals surface area contributed by atoms with Gasteiger partial charge in [0.05, 0.1) is 36.7 Å². The van der Waals surface area contributed by atoms with Crippen molar-refractivity contribution >= 4 is 21.7 Å². The molecular formula is C25H36N4O7S. The highest BCUT2D eigenvalue weighted by Crippen LogP contribution is 2.23. The maximum absolute atomic E-state index is 13.3. The van der Waals surface area contributed by atoms with Crippen molar-refractivity contribution in [2.24, 2.45) is 11.8 Å². The van der Waals surface area contributed by atoms with E-state index in [4.69, 9.17) is 9.26 Å². The zero-order valence-corrected chi connectivity index (χ0v) is 22.3. The van der Waals surface area contributed by atoms with Crippen LogP contribution in [0.4, 0.5) is 0 Å². The van der Waals surface area contributed by atoms with Crippen LogP contribution in [0.15, 0.2) is 34.9 Å². The number of nitrogens with zero attached hydrogens (tertiary/aromatic N) is 3. The Morgan fingerprint density at radius 1 is 1.14 bits per heavy atom. The average Bonchev–Trinajstić information content (AvgIpc) is 3.37. The third kappa shape index (κ3) is 8.34. The molecule has 11 nitrogen and oxygen atoms in total. The highest BCUT2D eigenvalue weighted by Gasteiger charge is 2.34. The fourth-order valence-corrected chi connectivity index (χ4v) is 6.23. The normalized spacial score (nSPS) is 16.8. The Bertz CT molecular complexity index is 1130. The molecule has 0 spiro atoms. The Morgan fingerprint density at radius 2 is 1.81 bits per heavy atom. The summed E-state index contributed by atoms with van der Waals surface area (Å²) in [6.45, 7) is 6.89. The molecule has 2 amide bonds. The van der Waals surface area contributed by atoms with Gasteiger partial charge in [-0.1, -0.05) is 56.3 Å². The Kier molecular flexibility index (Phi) is 10.2. The van der Waals surface area contributed by atoms with Gasteiger partial charge in [0.1, 0.15) is 0 Å². The van der Waals surface area contributed by atoms with Gasteiger partial charge in [-0.2, -0.15) is 4.98 Å². The van der Waals surface area contributed by atoms with Crippen LogP contribution >= 0.6 is 0 Å². The van der Waals surface area contributed by atoms with Crippen LogP contribution in [0.1, 0.15) is 45.6 Å². The molecule has 12 heteroatoms. The molecule has 37 heavy (non-hydrogen) atoms. The quantitative estimate of drug-likeness (QED) is 0.412. The van der Waals surface area contributed by atoms with Crippen LogP contribution in [-0.4, -0.2) is 84.2 Å². The molecule has 0 saturated carbocycles. The van der Waals surface area contributed by atoms with Gasteiger partial charge in [0, 0.05) is 25.1 Å². The summed E-state index contributed by atoms with van der Waals surface area (Å²) in [5.41, 5.74) is 0.707. The van der Waals surface area contributed by atoms with Crippen molar-refractivity contribution in [3.63, 3.8) is 0 Å². The second-order valence-corrected chi connectivity index (χ2v) is 11.8. The molecule has 1 unspecified atom stereocenters. The molecule has 2 N–H and O–H groups in total. The molecule has 0 radical (unpaired) electrons. The molecule has 0 bridgehead atoms. The summed E-state index contributed by atoms with van der Waals surface area (Å²) in [4.78, 5) is 32.0. The largest absolute Gasteiger partial charge is 0.381 e. The highest BCUT2D eigenvalue weighted by molar-refractivity contribution is 7.91. The third-order valence-corrected chi connectivity index (χ3v) is 8.16. The lowest BCUT2D eigenvalue weighted by Crippen LogP contribution is -2.47. The lowest BCUT2D eigenvalue weighted by molar-refractivity contribution is -0.139. The zero-order valence-electron chi connectivity index (χ0n) is 21.5. The highest BCUT2D eigenvalue weighted by atomic mass is 32.2. The molecule has 3 rings (SSSR count). The molecule has 1 saturated heterocycles. The summed E-state index contributed by atoms with van der Waals surface area (Å²) < 4.78 is 36.0. The second kappa shape index (κ2) is 13.1. The molecule has 0 aliphatic carbocycles. The van der Waals surface area contributed by atoms with E-state index in [0.717, 1.165) is 0 Å². The number of carbonyl (C=O) groups is 2. The number of hydrogen-bond donors (Lipinski definition) is 2. The van der Waals surface area contributed by atoms with E-state index in [1.165, 1.54) is 0 Å². The van der Waals surface area contributed by atoms with E-state index in [2.05, 4.69) is 15.5 Å². The van der Waals surface area contributed by atoms with Crippen molar-refractivity contribution in [2.75, 3.05) is 37.8 Å². The van der Waals surface area contributed by atoms with Gasteiger partial charge in [-0.05, 0) is 12.3 Å². The second-order valence-electron chi connectivity index (χ2n) is 9.66. The fourth-order valence-electron chi connectivity index (χ4n) is 4.20. The predicted molar refractivity (Wildman–Crippen MR) is 136 cm³/mol. The molecule has 2 heterocycles. The summed E-state index contributed by atoms with van der Waals surface area (Å²) in [7, 11) is -3.60. The first-order valence-corrected chi connectivity index (χ1v) is 14.3. The number of amides is 2. The fraction of sp³-hybridized carbons (Fsp3) is 0.600. The summed E-state index contributed by atoms with van der Waals surface area (Å²) in [5, 5.41) is 17.5. The first kappa shape index (κ1) is 28.7. The maximum Gasteiger partial charge on any atom is 0.257 e. The summed E-state index contributed by atoms with van der Waals surface area (Å²) >= 11 is 0. The van der Waals surface area contributed by atoms with Crippen LogP contribution in [0.3, 0.4) is 0 Å². The molecule has 3 atom stereocenters. The number of benzene rings is 1. The summed E-state index contributed by atoms with van der Waals surface area (Å²) in [5.74, 6) is -2.48. The Morgan fingerprint density at radius 3 is 2.43 bits per heavy atom. The predicted octanol–water partition coefficient (Wildman–Crippen LogP) is 1.60. The van der Waals surface area contributed by atoms with Gasteiger partial charge >= 0.3 is 0 Å². The van der Waals surface area contributed by atoms with E-state index in [9.17, 15) is 23.1 Å². The molecule has 2 aromatic rings. The maximum atomic E-state index is 13.3. The van der Waals surface area contributed by atoms with E-state index < -0.39 is 39.6 Å². The molecule has 1 fully saturated rings. The molecule has 1 aromatic carbocycles. The van der Waals surface area contributed by atoms with Crippen molar-refractivity contribution in [1.29, 1.82) is 0 Å². The van der Waals surface area contributed by atoms with Gasteiger partial charge in [0.15, 0.2) is 15.9 Å². The van der Waals surface area contributed by atoms with Crippen LogP contribution in [0.25, 0.3) is 11.4 Å². The third-order valence-electron chi connectivity index (χ3n) is 6.07. The summed E-state index contributed by atoms with van der Waals surface area (Å²) in [6.07, 6.45) is -1.27. The smallest absolute Gasteiger partial charge is 0.257 e. The first-order chi connectivity index (χ1) is 17.6. The number of carbonyl (C=O) groups excluding carboxylic acids is 2. The average molecular weight is 537 g/mol. The van der Waals surface area contributed by atoms with Crippen molar-refractivity contribution in [2.45, 2.75) is 45.8 Å². The number of ether oxygens (including phenoxy) is 1. The van der Waals surface area contributed by atoms with Gasteiger partial charge in [0.2, 0.25) is 17.6 Å². The zero-order chi connectivity index (χ0) is 27.0. The molecule has 204 valence electrons. The van der Waals surface area contributed by atoms with Crippen molar-refractivity contribution in [1.82, 2.24) is 20.4 Å². The minimum absolute atomic E-state index is 0.0700. The van der Waals surface area contributed by atoms with Crippen molar-refractivity contribution in [3.05, 3.63) is 36.2 Å². The Labute approximate surface area is 217 Å². The number of morpholine rings is 1. The number of aliphatic hydroxyl groups is 1. The van der Waals surface area contributed by atoms with Gasteiger partial charge in [0.25, 0.3) is 5.89 Å². The van der Waals surface area contributed by atoms with Crippen molar-refractivity contribution in [3.8, 4) is 11.4 Å². The molecule has 1 aliphatic rings. The number of aliphatic hydroxyl groups excluding tert-OH is 1.